The van der Waals surface area contributed by atoms with Gasteiger partial charge in [0, 0.05) is 29.7 Å². The van der Waals surface area contributed by atoms with Gasteiger partial charge in [-0.2, -0.15) is 0 Å². The Balaban J connectivity index is 1.26. The molecule has 5 aliphatic rings. The van der Waals surface area contributed by atoms with Crippen LogP contribution in [0.3, 0.4) is 0 Å². The molecule has 1 aromatic heterocycles. The first-order valence-electron chi connectivity index (χ1n) is 13.5. The number of pyridine rings is 1. The number of aromatic nitrogens is 1. The van der Waals surface area contributed by atoms with Crippen molar-refractivity contribution in [1.82, 2.24) is 9.88 Å². The van der Waals surface area contributed by atoms with Crippen LogP contribution in [0.15, 0.2) is 48.3 Å². The molecule has 2 saturated heterocycles. The number of aliphatic hydroxyl groups is 2. The number of fused-ring (bicyclic) bond motifs is 2. The molecular formula is C30H38N2O3. The standard InChI is InChI=1S/C30H38N2O3/c1-28-10-8-21-15-23-26(33)27(34)24(32(2)3)16-29(23)11-12-30(21,35-29)25(28)7-6-22(28)19-5-4-18-9-13-31-17-20(18)14-19/h4-5,8-9,13-14,17,22-27,33-34H,6-7,10-12,15-16H2,1-3H3/t22-,23?,24+,25?,26-,27-,28-,29-,30-/m1/s1. The van der Waals surface area contributed by atoms with Crippen molar-refractivity contribution in [1.29, 1.82) is 0 Å². The molecule has 2 N–H and O–H groups in total. The second-order valence-corrected chi connectivity index (χ2v) is 12.7. The summed E-state index contributed by atoms with van der Waals surface area (Å²) in [5, 5.41) is 24.6. The van der Waals surface area contributed by atoms with Crippen molar-refractivity contribution in [3.8, 4) is 0 Å². The van der Waals surface area contributed by atoms with Crippen LogP contribution in [0.25, 0.3) is 10.8 Å². The quantitative estimate of drug-likeness (QED) is 0.631. The highest BCUT2D eigenvalue weighted by atomic mass is 16.5. The lowest BCUT2D eigenvalue weighted by molar-refractivity contribution is -0.239. The molecule has 5 heteroatoms. The Kier molecular flexibility index (Phi) is 4.72. The third-order valence-corrected chi connectivity index (χ3v) is 11.1. The predicted octanol–water partition coefficient (Wildman–Crippen LogP) is 4.43. The van der Waals surface area contributed by atoms with Crippen LogP contribution in [0.4, 0.5) is 0 Å². The molecule has 5 nitrogen and oxygen atoms in total. The van der Waals surface area contributed by atoms with Gasteiger partial charge in [0.15, 0.2) is 0 Å². The zero-order valence-corrected chi connectivity index (χ0v) is 21.2. The van der Waals surface area contributed by atoms with Crippen LogP contribution < -0.4 is 0 Å². The molecule has 2 aliphatic heterocycles. The van der Waals surface area contributed by atoms with Crippen molar-refractivity contribution >= 4 is 10.8 Å². The number of benzene rings is 1. The van der Waals surface area contributed by atoms with E-state index >= 15 is 0 Å². The van der Waals surface area contributed by atoms with E-state index in [1.165, 1.54) is 34.8 Å². The lowest BCUT2D eigenvalue weighted by atomic mass is 9.56. The summed E-state index contributed by atoms with van der Waals surface area (Å²) in [7, 11) is 4.02. The third kappa shape index (κ3) is 2.87. The first kappa shape index (κ1) is 22.4. The zero-order chi connectivity index (χ0) is 24.2. The van der Waals surface area contributed by atoms with Gasteiger partial charge in [-0.3, -0.25) is 4.98 Å². The number of hydrogen-bond donors (Lipinski definition) is 2. The lowest BCUT2D eigenvalue weighted by Gasteiger charge is -2.59. The van der Waals surface area contributed by atoms with Crippen LogP contribution in [0.5, 0.6) is 0 Å². The summed E-state index contributed by atoms with van der Waals surface area (Å²) in [6, 6.07) is 8.99. The van der Waals surface area contributed by atoms with E-state index in [9.17, 15) is 10.2 Å². The number of hydrogen-bond acceptors (Lipinski definition) is 5. The lowest BCUT2D eigenvalue weighted by Crippen LogP contribution is -2.66. The Bertz CT molecular complexity index is 1210. The van der Waals surface area contributed by atoms with Crippen molar-refractivity contribution in [3.63, 3.8) is 0 Å². The van der Waals surface area contributed by atoms with Gasteiger partial charge in [0.2, 0.25) is 0 Å². The molecule has 3 heterocycles. The molecule has 1 aromatic carbocycles. The Morgan fingerprint density at radius 1 is 1.06 bits per heavy atom. The van der Waals surface area contributed by atoms with Crippen LogP contribution >= 0.6 is 0 Å². The van der Waals surface area contributed by atoms with E-state index in [-0.39, 0.29) is 28.6 Å². The fourth-order valence-electron chi connectivity index (χ4n) is 9.32. The van der Waals surface area contributed by atoms with E-state index in [0.29, 0.717) is 11.8 Å². The Morgan fingerprint density at radius 3 is 2.74 bits per heavy atom. The fraction of sp³-hybridized carbons (Fsp3) is 0.633. The van der Waals surface area contributed by atoms with Crippen LogP contribution in [-0.2, 0) is 4.74 Å². The molecule has 0 amide bonds. The molecule has 9 atom stereocenters. The first-order chi connectivity index (χ1) is 16.8. The van der Waals surface area contributed by atoms with E-state index in [4.69, 9.17) is 4.74 Å². The summed E-state index contributed by atoms with van der Waals surface area (Å²) in [5.41, 5.74) is 2.49. The maximum atomic E-state index is 11.2. The van der Waals surface area contributed by atoms with Gasteiger partial charge in [0.1, 0.15) is 0 Å². The number of ether oxygens (including phenoxy) is 1. The molecular weight excluding hydrogens is 436 g/mol. The molecule has 7 rings (SSSR count). The highest BCUT2D eigenvalue weighted by molar-refractivity contribution is 5.82. The van der Waals surface area contributed by atoms with Crippen molar-refractivity contribution in [2.24, 2.45) is 17.3 Å². The van der Waals surface area contributed by atoms with Crippen molar-refractivity contribution in [2.75, 3.05) is 14.1 Å². The molecule has 2 aromatic rings. The summed E-state index contributed by atoms with van der Waals surface area (Å²) >= 11 is 0. The van der Waals surface area contributed by atoms with E-state index in [2.05, 4.69) is 47.1 Å². The molecule has 35 heavy (non-hydrogen) atoms. The number of rotatable bonds is 2. The van der Waals surface area contributed by atoms with Gasteiger partial charge >= 0.3 is 0 Å². The highest BCUT2D eigenvalue weighted by Gasteiger charge is 2.70. The van der Waals surface area contributed by atoms with Crippen LogP contribution in [-0.4, -0.2) is 63.6 Å². The zero-order valence-electron chi connectivity index (χ0n) is 21.2. The molecule has 2 saturated carbocycles. The van der Waals surface area contributed by atoms with Gasteiger partial charge in [-0.1, -0.05) is 25.1 Å². The monoisotopic (exact) mass is 474 g/mol. The number of aliphatic hydroxyl groups excluding tert-OH is 2. The van der Waals surface area contributed by atoms with Gasteiger partial charge < -0.3 is 19.8 Å². The van der Waals surface area contributed by atoms with Crippen molar-refractivity contribution < 1.29 is 14.9 Å². The third-order valence-electron chi connectivity index (χ3n) is 11.1. The topological polar surface area (TPSA) is 65.8 Å². The molecule has 3 aliphatic carbocycles. The Hall–Kier alpha value is -1.79. The van der Waals surface area contributed by atoms with Gasteiger partial charge in [-0.15, -0.1) is 0 Å². The average Bonchev–Trinajstić information content (AvgIpc) is 3.37. The van der Waals surface area contributed by atoms with Gasteiger partial charge in [0.25, 0.3) is 0 Å². The van der Waals surface area contributed by atoms with Crippen molar-refractivity contribution in [3.05, 3.63) is 53.9 Å². The molecule has 2 unspecified atom stereocenters. The summed E-state index contributed by atoms with van der Waals surface area (Å²) < 4.78 is 7.34. The molecule has 0 radical (unpaired) electrons. The Labute approximate surface area is 208 Å². The highest BCUT2D eigenvalue weighted by Crippen LogP contribution is 2.70. The van der Waals surface area contributed by atoms with E-state index in [1.807, 2.05) is 26.5 Å². The smallest absolute Gasteiger partial charge is 0.0958 e. The average molecular weight is 475 g/mol. The summed E-state index contributed by atoms with van der Waals surface area (Å²) in [4.78, 5) is 6.43. The molecule has 2 bridgehead atoms. The van der Waals surface area contributed by atoms with Crippen LogP contribution in [0.1, 0.15) is 63.4 Å². The SMILES string of the molecule is CN(C)[C@H]1C[C@@]23CC[C@@]4(O2)C(=CC[C@@]2(C)C4CC[C@@H]2c2ccc4ccncc4c2)CC3[C@@H](O)[C@@H]1O. The minimum absolute atomic E-state index is 0.00915. The van der Waals surface area contributed by atoms with Crippen molar-refractivity contribution in [2.45, 2.75) is 87.2 Å². The fourth-order valence-corrected chi connectivity index (χ4v) is 9.32. The first-order valence-corrected chi connectivity index (χ1v) is 13.5. The number of allylic oxidation sites excluding steroid dienone is 1. The summed E-state index contributed by atoms with van der Waals surface area (Å²) in [6.45, 7) is 2.51. The van der Waals surface area contributed by atoms with Crippen LogP contribution in [0.2, 0.25) is 0 Å². The predicted molar refractivity (Wildman–Crippen MR) is 136 cm³/mol. The normalized spacial score (nSPS) is 46.3. The van der Waals surface area contributed by atoms with Gasteiger partial charge in [0.05, 0.1) is 23.4 Å². The molecule has 2 spiro atoms. The summed E-state index contributed by atoms with van der Waals surface area (Å²) in [6.07, 6.45) is 12.0. The largest absolute Gasteiger partial charge is 0.390 e. The van der Waals surface area contributed by atoms with Crippen LogP contribution in [0, 0.1) is 17.3 Å². The molecule has 186 valence electrons. The second kappa shape index (κ2) is 7.38. The van der Waals surface area contributed by atoms with E-state index < -0.39 is 12.2 Å². The van der Waals surface area contributed by atoms with Gasteiger partial charge in [-0.05, 0) is 105 Å². The van der Waals surface area contributed by atoms with E-state index in [0.717, 1.165) is 32.1 Å². The number of nitrogens with zero attached hydrogens (tertiary/aromatic N) is 2. The maximum Gasteiger partial charge on any atom is 0.0958 e. The number of likely N-dealkylation sites (N-methyl/N-ethyl adjacent to an activating group) is 1. The van der Waals surface area contributed by atoms with E-state index in [1.54, 1.807) is 0 Å². The molecule has 4 fully saturated rings. The minimum Gasteiger partial charge on any atom is -0.390 e. The Morgan fingerprint density at radius 2 is 1.91 bits per heavy atom. The minimum atomic E-state index is -0.732. The second-order valence-electron chi connectivity index (χ2n) is 12.7. The van der Waals surface area contributed by atoms with Gasteiger partial charge in [-0.25, -0.2) is 0 Å². The summed E-state index contributed by atoms with van der Waals surface area (Å²) in [5.74, 6) is 0.993. The maximum absolute atomic E-state index is 11.2.